The molecule has 128 valence electrons. The van der Waals surface area contributed by atoms with E-state index in [9.17, 15) is 13.2 Å². The maximum atomic E-state index is 12.3. The molecule has 0 saturated heterocycles. The Morgan fingerprint density at radius 1 is 1.12 bits per heavy atom. The number of rotatable bonds is 5. The van der Waals surface area contributed by atoms with Crippen molar-refractivity contribution in [3.8, 4) is 11.5 Å². The molecular formula is C18H16BrF3O2. The van der Waals surface area contributed by atoms with E-state index in [0.29, 0.717) is 15.6 Å². The van der Waals surface area contributed by atoms with Gasteiger partial charge >= 0.3 is 6.18 Å². The zero-order valence-corrected chi connectivity index (χ0v) is 14.8. The van der Waals surface area contributed by atoms with E-state index < -0.39 is 12.8 Å². The third-order valence-electron chi connectivity index (χ3n) is 3.37. The van der Waals surface area contributed by atoms with Crippen LogP contribution in [0.25, 0.3) is 5.57 Å². The van der Waals surface area contributed by atoms with Crippen LogP contribution in [-0.2, 0) is 0 Å². The first kappa shape index (κ1) is 18.4. The van der Waals surface area contributed by atoms with E-state index in [4.69, 9.17) is 9.47 Å². The van der Waals surface area contributed by atoms with Crippen molar-refractivity contribution >= 4 is 21.5 Å². The molecule has 0 unspecified atom stereocenters. The predicted molar refractivity (Wildman–Crippen MR) is 91.6 cm³/mol. The minimum absolute atomic E-state index is 0.128. The molecule has 2 aromatic rings. The molecule has 0 aliphatic rings. The van der Waals surface area contributed by atoms with Gasteiger partial charge in [-0.2, -0.15) is 13.2 Å². The number of halogens is 4. The molecule has 0 aliphatic heterocycles. The van der Waals surface area contributed by atoms with Gasteiger partial charge in [0.2, 0.25) is 0 Å². The molecule has 0 bridgehead atoms. The monoisotopic (exact) mass is 400 g/mol. The summed E-state index contributed by atoms with van der Waals surface area (Å²) in [5.74, 6) is 0.887. The molecule has 2 nitrogen and oxygen atoms in total. The van der Waals surface area contributed by atoms with Crippen LogP contribution in [0.4, 0.5) is 13.2 Å². The molecule has 0 heterocycles. The number of aryl methyl sites for hydroxylation is 1. The van der Waals surface area contributed by atoms with Crippen molar-refractivity contribution in [2.75, 3.05) is 13.7 Å². The highest BCUT2D eigenvalue weighted by molar-refractivity contribution is 9.10. The first-order chi connectivity index (χ1) is 11.2. The molecule has 2 aromatic carbocycles. The van der Waals surface area contributed by atoms with E-state index in [2.05, 4.69) is 22.5 Å². The Morgan fingerprint density at radius 2 is 1.83 bits per heavy atom. The van der Waals surface area contributed by atoms with Crippen LogP contribution < -0.4 is 9.47 Å². The Labute approximate surface area is 147 Å². The van der Waals surface area contributed by atoms with Crippen molar-refractivity contribution in [3.05, 3.63) is 64.1 Å². The van der Waals surface area contributed by atoms with Gasteiger partial charge in [0, 0.05) is 4.47 Å². The fourth-order valence-corrected chi connectivity index (χ4v) is 2.69. The average Bonchev–Trinajstić information content (AvgIpc) is 2.51. The smallest absolute Gasteiger partial charge is 0.422 e. The number of hydrogen-bond acceptors (Lipinski definition) is 2. The van der Waals surface area contributed by atoms with Crippen LogP contribution >= 0.6 is 15.9 Å². The van der Waals surface area contributed by atoms with E-state index in [1.54, 1.807) is 19.2 Å². The van der Waals surface area contributed by atoms with Crippen LogP contribution in [0.15, 0.2) is 47.4 Å². The van der Waals surface area contributed by atoms with E-state index in [1.165, 1.54) is 6.07 Å². The summed E-state index contributed by atoms with van der Waals surface area (Å²) in [6.07, 6.45) is -4.38. The van der Waals surface area contributed by atoms with Gasteiger partial charge in [0.25, 0.3) is 0 Å². The second-order valence-electron chi connectivity index (χ2n) is 5.24. The summed E-state index contributed by atoms with van der Waals surface area (Å²) in [6, 6.07) is 10.4. The summed E-state index contributed by atoms with van der Waals surface area (Å²) in [6.45, 7) is 4.62. The highest BCUT2D eigenvalue weighted by Gasteiger charge is 2.28. The Balaban J connectivity index is 2.29. The van der Waals surface area contributed by atoms with Gasteiger partial charge in [-0.25, -0.2) is 0 Å². The lowest BCUT2D eigenvalue weighted by Gasteiger charge is -2.13. The lowest BCUT2D eigenvalue weighted by molar-refractivity contribution is -0.153. The van der Waals surface area contributed by atoms with Crippen LogP contribution in [0.2, 0.25) is 0 Å². The highest BCUT2D eigenvalue weighted by Crippen LogP contribution is 2.31. The van der Waals surface area contributed by atoms with E-state index in [1.807, 2.05) is 25.1 Å². The number of hydrogen-bond donors (Lipinski definition) is 0. The number of methoxy groups -OCH3 is 1. The molecular weight excluding hydrogens is 385 g/mol. The molecule has 0 N–H and O–H groups in total. The summed E-state index contributed by atoms with van der Waals surface area (Å²) >= 11 is 3.29. The topological polar surface area (TPSA) is 18.5 Å². The number of alkyl halides is 3. The molecule has 6 heteroatoms. The lowest BCUT2D eigenvalue weighted by atomic mass is 9.98. The predicted octanol–water partition coefficient (Wildman–Crippen LogP) is 5.77. The van der Waals surface area contributed by atoms with Crippen molar-refractivity contribution in [2.45, 2.75) is 13.1 Å². The third-order valence-corrected chi connectivity index (χ3v) is 3.82. The molecule has 0 fully saturated rings. The molecule has 0 aliphatic carbocycles. The Bertz CT molecular complexity index is 754. The van der Waals surface area contributed by atoms with Crippen LogP contribution in [0, 0.1) is 6.92 Å². The average molecular weight is 401 g/mol. The quantitative estimate of drug-likeness (QED) is 0.634. The van der Waals surface area contributed by atoms with Gasteiger partial charge in [-0.3, -0.25) is 0 Å². The van der Waals surface area contributed by atoms with Crippen molar-refractivity contribution in [1.82, 2.24) is 0 Å². The fourth-order valence-electron chi connectivity index (χ4n) is 2.22. The van der Waals surface area contributed by atoms with Crippen LogP contribution in [0.3, 0.4) is 0 Å². The first-order valence-corrected chi connectivity index (χ1v) is 7.83. The minimum Gasteiger partial charge on any atom is -0.496 e. The van der Waals surface area contributed by atoms with Crippen molar-refractivity contribution in [3.63, 3.8) is 0 Å². The first-order valence-electron chi connectivity index (χ1n) is 7.04. The fraction of sp³-hybridized carbons (Fsp3) is 0.222. The molecule has 0 spiro atoms. The zero-order valence-electron chi connectivity index (χ0n) is 13.2. The highest BCUT2D eigenvalue weighted by atomic mass is 79.9. The summed E-state index contributed by atoms with van der Waals surface area (Å²) in [4.78, 5) is 0. The maximum Gasteiger partial charge on any atom is 0.422 e. The van der Waals surface area contributed by atoms with E-state index in [-0.39, 0.29) is 5.75 Å². The molecule has 24 heavy (non-hydrogen) atoms. The Kier molecular flexibility index (Phi) is 5.59. The summed E-state index contributed by atoms with van der Waals surface area (Å²) in [5, 5.41) is 0. The van der Waals surface area contributed by atoms with Crippen LogP contribution in [0.5, 0.6) is 11.5 Å². The largest absolute Gasteiger partial charge is 0.496 e. The van der Waals surface area contributed by atoms with Gasteiger partial charge in [0.1, 0.15) is 11.5 Å². The molecule has 0 amide bonds. The lowest BCUT2D eigenvalue weighted by Crippen LogP contribution is -2.19. The summed E-state index contributed by atoms with van der Waals surface area (Å²) in [7, 11) is 1.59. The molecule has 0 radical (unpaired) electrons. The van der Waals surface area contributed by atoms with Gasteiger partial charge in [-0.1, -0.05) is 28.6 Å². The van der Waals surface area contributed by atoms with Gasteiger partial charge < -0.3 is 9.47 Å². The molecule has 0 atom stereocenters. The van der Waals surface area contributed by atoms with Crippen LogP contribution in [-0.4, -0.2) is 19.9 Å². The number of ether oxygens (including phenoxy) is 2. The van der Waals surface area contributed by atoms with Crippen molar-refractivity contribution < 1.29 is 22.6 Å². The van der Waals surface area contributed by atoms with Crippen molar-refractivity contribution in [1.29, 1.82) is 0 Å². The zero-order chi connectivity index (χ0) is 17.9. The second kappa shape index (κ2) is 7.30. The molecule has 0 saturated carbocycles. The van der Waals surface area contributed by atoms with Gasteiger partial charge in [-0.05, 0) is 59.5 Å². The van der Waals surface area contributed by atoms with E-state index in [0.717, 1.165) is 16.9 Å². The normalized spacial score (nSPS) is 11.2. The summed E-state index contributed by atoms with van der Waals surface area (Å²) in [5.41, 5.74) is 3.15. The Morgan fingerprint density at radius 3 is 2.42 bits per heavy atom. The minimum atomic E-state index is -4.38. The van der Waals surface area contributed by atoms with Crippen molar-refractivity contribution in [2.24, 2.45) is 0 Å². The van der Waals surface area contributed by atoms with Crippen LogP contribution in [0.1, 0.15) is 16.7 Å². The number of benzene rings is 2. The molecule has 2 rings (SSSR count). The third kappa shape index (κ3) is 4.77. The SMILES string of the molecule is C=C(c1cc(Br)cc(OCC(F)(F)F)c1)c1ccc(OC)c(C)c1. The van der Waals surface area contributed by atoms with Gasteiger partial charge in [-0.15, -0.1) is 0 Å². The second-order valence-corrected chi connectivity index (χ2v) is 6.16. The molecule has 0 aromatic heterocycles. The van der Waals surface area contributed by atoms with E-state index >= 15 is 0 Å². The van der Waals surface area contributed by atoms with Gasteiger partial charge in [0.05, 0.1) is 7.11 Å². The maximum absolute atomic E-state index is 12.3. The standard InChI is InChI=1S/C18H16BrF3O2/c1-11-6-13(4-5-17(11)23-3)12(2)14-7-15(19)9-16(8-14)24-10-18(20,21)22/h4-9H,2,10H2,1,3H3. The van der Waals surface area contributed by atoms with Gasteiger partial charge in [0.15, 0.2) is 6.61 Å². The Hall–Kier alpha value is -1.95. The summed E-state index contributed by atoms with van der Waals surface area (Å²) < 4.78 is 47.6.